The van der Waals surface area contributed by atoms with Crippen molar-refractivity contribution in [1.82, 2.24) is 10.3 Å². The van der Waals surface area contributed by atoms with Crippen molar-refractivity contribution in [3.63, 3.8) is 0 Å². The molecule has 0 spiro atoms. The first-order valence-corrected chi connectivity index (χ1v) is 8.65. The number of pyridine rings is 1. The van der Waals surface area contributed by atoms with Gasteiger partial charge in [0.1, 0.15) is 5.76 Å². The van der Waals surface area contributed by atoms with Gasteiger partial charge in [0.25, 0.3) is 5.91 Å². The van der Waals surface area contributed by atoms with Crippen molar-refractivity contribution in [1.29, 1.82) is 0 Å². The van der Waals surface area contributed by atoms with Crippen LogP contribution in [0.15, 0.2) is 47.1 Å². The average molecular weight is 342 g/mol. The molecule has 3 aromatic rings. The lowest BCUT2D eigenvalue weighted by molar-refractivity contribution is 0.0959. The van der Waals surface area contributed by atoms with Gasteiger partial charge in [0, 0.05) is 5.39 Å². The van der Waals surface area contributed by atoms with E-state index in [-0.39, 0.29) is 12.5 Å². The molecule has 1 aliphatic rings. The molecular formula is C22H18N2O2. The molecule has 0 unspecified atom stereocenters. The van der Waals surface area contributed by atoms with E-state index in [9.17, 15) is 4.79 Å². The molecule has 0 saturated heterocycles. The third-order valence-electron chi connectivity index (χ3n) is 4.61. The van der Waals surface area contributed by atoms with Gasteiger partial charge in [-0.1, -0.05) is 24.1 Å². The predicted octanol–water partition coefficient (Wildman–Crippen LogP) is 4.07. The summed E-state index contributed by atoms with van der Waals surface area (Å²) in [5, 5.41) is 3.67. The van der Waals surface area contributed by atoms with Gasteiger partial charge in [0.2, 0.25) is 0 Å². The number of carbonyl (C=O) groups is 1. The van der Waals surface area contributed by atoms with Gasteiger partial charge in [-0.3, -0.25) is 4.79 Å². The van der Waals surface area contributed by atoms with E-state index in [1.54, 1.807) is 6.26 Å². The molecule has 128 valence electrons. The quantitative estimate of drug-likeness (QED) is 0.730. The standard InChI is InChI=1S/C22H18N2O2/c1-2-12-23-22(25)20-17-9-3-4-11-19(17)24-21-15(7-5-10-18(20)21)14-16-8-6-13-26-16/h1,3-4,6,8-9,11,13-14H,5,7,10,12H2,(H,23,25). The Hall–Kier alpha value is -3.32. The summed E-state index contributed by atoms with van der Waals surface area (Å²) < 4.78 is 5.46. The maximum absolute atomic E-state index is 12.8. The Morgan fingerprint density at radius 3 is 2.96 bits per heavy atom. The van der Waals surface area contributed by atoms with Crippen molar-refractivity contribution in [3.8, 4) is 12.3 Å². The largest absolute Gasteiger partial charge is 0.465 e. The fourth-order valence-electron chi connectivity index (χ4n) is 3.50. The molecule has 0 fully saturated rings. The number of rotatable bonds is 3. The molecule has 4 heteroatoms. The van der Waals surface area contributed by atoms with Crippen LogP contribution in [0.5, 0.6) is 0 Å². The topological polar surface area (TPSA) is 55.1 Å². The second-order valence-corrected chi connectivity index (χ2v) is 6.26. The van der Waals surface area contributed by atoms with E-state index in [4.69, 9.17) is 15.8 Å². The number of terminal acetylenes is 1. The minimum absolute atomic E-state index is 0.142. The smallest absolute Gasteiger partial charge is 0.253 e. The highest BCUT2D eigenvalue weighted by Crippen LogP contribution is 2.36. The van der Waals surface area contributed by atoms with Crippen LogP contribution < -0.4 is 5.32 Å². The lowest BCUT2D eigenvalue weighted by Crippen LogP contribution is -2.26. The number of fused-ring (bicyclic) bond motifs is 2. The lowest BCUT2D eigenvalue weighted by atomic mass is 9.86. The van der Waals surface area contributed by atoms with Crippen LogP contribution >= 0.6 is 0 Å². The highest BCUT2D eigenvalue weighted by Gasteiger charge is 2.25. The first kappa shape index (κ1) is 16.2. The number of benzene rings is 1. The number of nitrogens with zero attached hydrogens (tertiary/aromatic N) is 1. The van der Waals surface area contributed by atoms with Gasteiger partial charge >= 0.3 is 0 Å². The first-order chi connectivity index (χ1) is 12.8. The fraction of sp³-hybridized carbons (Fsp3) is 0.182. The maximum atomic E-state index is 12.8. The van der Waals surface area contributed by atoms with Crippen LogP contribution in [0.3, 0.4) is 0 Å². The van der Waals surface area contributed by atoms with Crippen molar-refractivity contribution in [2.75, 3.05) is 6.54 Å². The summed E-state index contributed by atoms with van der Waals surface area (Å²) in [6.45, 7) is 0.208. The zero-order valence-corrected chi connectivity index (χ0v) is 14.3. The third-order valence-corrected chi connectivity index (χ3v) is 4.61. The molecule has 4 nitrogen and oxygen atoms in total. The van der Waals surface area contributed by atoms with Crippen molar-refractivity contribution in [2.45, 2.75) is 19.3 Å². The second-order valence-electron chi connectivity index (χ2n) is 6.26. The summed E-state index contributed by atoms with van der Waals surface area (Å²) in [7, 11) is 0. The minimum Gasteiger partial charge on any atom is -0.465 e. The predicted molar refractivity (Wildman–Crippen MR) is 102 cm³/mol. The fourth-order valence-corrected chi connectivity index (χ4v) is 3.50. The maximum Gasteiger partial charge on any atom is 0.253 e. The van der Waals surface area contributed by atoms with Crippen LogP contribution in [0, 0.1) is 12.3 Å². The SMILES string of the molecule is C#CCNC(=O)c1c2c(nc3ccccc13)C(=Cc1ccco1)CCC2. The Kier molecular flexibility index (Phi) is 4.28. The number of nitrogens with one attached hydrogen (secondary N) is 1. The molecule has 1 amide bonds. The van der Waals surface area contributed by atoms with E-state index < -0.39 is 0 Å². The van der Waals surface area contributed by atoms with E-state index in [1.165, 1.54) is 0 Å². The Balaban J connectivity index is 1.93. The van der Waals surface area contributed by atoms with E-state index in [0.717, 1.165) is 52.8 Å². The summed E-state index contributed by atoms with van der Waals surface area (Å²) in [4.78, 5) is 17.7. The van der Waals surface area contributed by atoms with E-state index >= 15 is 0 Å². The molecule has 1 aromatic carbocycles. The van der Waals surface area contributed by atoms with Gasteiger partial charge in [-0.15, -0.1) is 6.42 Å². The number of hydrogen-bond acceptors (Lipinski definition) is 3. The summed E-state index contributed by atoms with van der Waals surface area (Å²) >= 11 is 0. The van der Waals surface area contributed by atoms with E-state index in [2.05, 4.69) is 11.2 Å². The van der Waals surface area contributed by atoms with Crippen molar-refractivity contribution >= 4 is 28.5 Å². The van der Waals surface area contributed by atoms with Crippen molar-refractivity contribution in [2.24, 2.45) is 0 Å². The first-order valence-electron chi connectivity index (χ1n) is 8.65. The number of aromatic nitrogens is 1. The van der Waals surface area contributed by atoms with Gasteiger partial charge in [0.05, 0.1) is 29.6 Å². The lowest BCUT2D eigenvalue weighted by Gasteiger charge is -2.22. The summed E-state index contributed by atoms with van der Waals surface area (Å²) in [6, 6.07) is 11.5. The zero-order valence-electron chi connectivity index (χ0n) is 14.3. The van der Waals surface area contributed by atoms with E-state index in [1.807, 2.05) is 42.5 Å². The summed E-state index contributed by atoms with van der Waals surface area (Å²) in [5.41, 5.74) is 4.47. The highest BCUT2D eigenvalue weighted by atomic mass is 16.3. The molecule has 0 radical (unpaired) electrons. The summed E-state index contributed by atoms with van der Waals surface area (Å²) in [6.07, 6.45) is 11.7. The number of para-hydroxylation sites is 1. The Morgan fingerprint density at radius 1 is 1.27 bits per heavy atom. The number of carbonyl (C=O) groups excluding carboxylic acids is 1. The van der Waals surface area contributed by atoms with Gasteiger partial charge in [-0.05, 0) is 54.7 Å². The molecule has 0 saturated carbocycles. The van der Waals surface area contributed by atoms with Gasteiger partial charge in [0.15, 0.2) is 0 Å². The molecule has 2 aromatic heterocycles. The van der Waals surface area contributed by atoms with Crippen LogP contribution in [0.2, 0.25) is 0 Å². The molecule has 1 aliphatic carbocycles. The normalized spacial score (nSPS) is 14.8. The summed E-state index contributed by atoms with van der Waals surface area (Å²) in [5.74, 6) is 3.11. The second kappa shape index (κ2) is 6.89. The Morgan fingerprint density at radius 2 is 2.15 bits per heavy atom. The molecule has 26 heavy (non-hydrogen) atoms. The van der Waals surface area contributed by atoms with Crippen LogP contribution in [-0.2, 0) is 6.42 Å². The minimum atomic E-state index is -0.142. The molecule has 4 rings (SSSR count). The molecule has 0 atom stereocenters. The molecule has 0 bridgehead atoms. The molecule has 1 N–H and O–H groups in total. The number of hydrogen-bond donors (Lipinski definition) is 1. The molecule has 2 heterocycles. The molecular weight excluding hydrogens is 324 g/mol. The van der Waals surface area contributed by atoms with Gasteiger partial charge in [-0.2, -0.15) is 0 Å². The van der Waals surface area contributed by atoms with Crippen LogP contribution in [0.1, 0.15) is 40.2 Å². The number of furan rings is 1. The highest BCUT2D eigenvalue weighted by molar-refractivity contribution is 6.09. The van der Waals surface area contributed by atoms with Gasteiger partial charge in [-0.25, -0.2) is 4.98 Å². The average Bonchev–Trinajstić information content (AvgIpc) is 3.18. The Bertz CT molecular complexity index is 1040. The Labute approximate surface area is 151 Å². The number of allylic oxidation sites excluding steroid dienone is 1. The van der Waals surface area contributed by atoms with Crippen LogP contribution in [0.25, 0.3) is 22.6 Å². The van der Waals surface area contributed by atoms with E-state index in [0.29, 0.717) is 5.56 Å². The zero-order chi connectivity index (χ0) is 17.9. The number of amides is 1. The van der Waals surface area contributed by atoms with Gasteiger partial charge < -0.3 is 9.73 Å². The monoisotopic (exact) mass is 342 g/mol. The van der Waals surface area contributed by atoms with Crippen LogP contribution in [-0.4, -0.2) is 17.4 Å². The molecule has 0 aliphatic heterocycles. The van der Waals surface area contributed by atoms with Crippen molar-refractivity contribution < 1.29 is 9.21 Å². The third kappa shape index (κ3) is 2.89. The van der Waals surface area contributed by atoms with Crippen molar-refractivity contribution in [3.05, 3.63) is 65.2 Å². The van der Waals surface area contributed by atoms with Crippen LogP contribution in [0.4, 0.5) is 0 Å².